The number of allylic oxidation sites excluding steroid dienone is 1. The predicted octanol–water partition coefficient (Wildman–Crippen LogP) is 4.23. The highest BCUT2D eigenvalue weighted by atomic mass is 79.9. The molecular formula is C25H22BrClN2O5S. The lowest BCUT2D eigenvalue weighted by Gasteiger charge is -2.24. The van der Waals surface area contributed by atoms with Gasteiger partial charge in [0, 0.05) is 5.02 Å². The van der Waals surface area contributed by atoms with Crippen molar-refractivity contribution < 1.29 is 19.0 Å². The lowest BCUT2D eigenvalue weighted by Crippen LogP contribution is -2.39. The molecule has 0 aliphatic carbocycles. The molecule has 182 valence electrons. The summed E-state index contributed by atoms with van der Waals surface area (Å²) < 4.78 is 18.8. The maximum atomic E-state index is 13.7. The summed E-state index contributed by atoms with van der Waals surface area (Å²) in [6.07, 6.45) is 1.76. The number of aromatic nitrogens is 1. The van der Waals surface area contributed by atoms with Crippen molar-refractivity contribution >= 4 is 50.9 Å². The molecule has 0 saturated heterocycles. The number of fused-ring (bicyclic) bond motifs is 1. The Labute approximate surface area is 219 Å². The second-order valence-corrected chi connectivity index (χ2v) is 9.89. The molecule has 0 spiro atoms. The van der Waals surface area contributed by atoms with E-state index < -0.39 is 12.0 Å². The fourth-order valence-electron chi connectivity index (χ4n) is 3.92. The molecule has 0 radical (unpaired) electrons. The molecular weight excluding hydrogens is 556 g/mol. The van der Waals surface area contributed by atoms with Gasteiger partial charge in [-0.2, -0.15) is 0 Å². The van der Waals surface area contributed by atoms with Crippen LogP contribution in [0.1, 0.15) is 31.0 Å². The quantitative estimate of drug-likeness (QED) is 0.410. The lowest BCUT2D eigenvalue weighted by molar-refractivity contribution is -0.139. The number of thiazole rings is 1. The van der Waals surface area contributed by atoms with E-state index in [4.69, 9.17) is 25.8 Å². The van der Waals surface area contributed by atoms with Crippen molar-refractivity contribution in [1.29, 1.82) is 0 Å². The van der Waals surface area contributed by atoms with Gasteiger partial charge in [-0.1, -0.05) is 35.1 Å². The van der Waals surface area contributed by atoms with Crippen molar-refractivity contribution in [2.75, 3.05) is 20.8 Å². The van der Waals surface area contributed by atoms with Gasteiger partial charge in [0.2, 0.25) is 0 Å². The fourth-order valence-corrected chi connectivity index (χ4v) is 5.72. The molecule has 1 aromatic heterocycles. The largest absolute Gasteiger partial charge is 0.493 e. The Morgan fingerprint density at radius 3 is 2.57 bits per heavy atom. The van der Waals surface area contributed by atoms with Crippen molar-refractivity contribution in [3.63, 3.8) is 0 Å². The molecule has 3 aromatic rings. The molecule has 4 rings (SSSR count). The van der Waals surface area contributed by atoms with Gasteiger partial charge in [0.15, 0.2) is 16.3 Å². The summed E-state index contributed by atoms with van der Waals surface area (Å²) in [5, 5.41) is 0.554. The number of hydrogen-bond donors (Lipinski definition) is 0. The van der Waals surface area contributed by atoms with E-state index in [1.165, 1.54) is 15.9 Å². The number of rotatable bonds is 6. The molecule has 7 nitrogen and oxygen atoms in total. The van der Waals surface area contributed by atoms with Crippen molar-refractivity contribution in [3.8, 4) is 11.5 Å². The maximum Gasteiger partial charge on any atom is 0.338 e. The molecule has 0 N–H and O–H groups in total. The Morgan fingerprint density at radius 1 is 1.23 bits per heavy atom. The average Bonchev–Trinajstić information content (AvgIpc) is 3.12. The van der Waals surface area contributed by atoms with Crippen LogP contribution < -0.4 is 24.4 Å². The van der Waals surface area contributed by atoms with Crippen LogP contribution in [-0.2, 0) is 9.53 Å². The Balaban J connectivity index is 1.94. The first-order chi connectivity index (χ1) is 16.8. The number of esters is 1. The summed E-state index contributed by atoms with van der Waals surface area (Å²) >= 11 is 10.8. The Morgan fingerprint density at radius 2 is 1.94 bits per heavy atom. The van der Waals surface area contributed by atoms with E-state index in [0.717, 1.165) is 11.1 Å². The van der Waals surface area contributed by atoms with E-state index in [1.54, 1.807) is 64.5 Å². The van der Waals surface area contributed by atoms with E-state index in [-0.39, 0.29) is 12.2 Å². The van der Waals surface area contributed by atoms with Crippen LogP contribution >= 0.6 is 38.9 Å². The van der Waals surface area contributed by atoms with Crippen LogP contribution in [-0.4, -0.2) is 31.4 Å². The number of carbonyl (C=O) groups is 1. The van der Waals surface area contributed by atoms with Gasteiger partial charge in [-0.05, 0) is 71.2 Å². The van der Waals surface area contributed by atoms with Crippen LogP contribution in [0.4, 0.5) is 0 Å². The van der Waals surface area contributed by atoms with Crippen LogP contribution in [0.5, 0.6) is 11.5 Å². The summed E-state index contributed by atoms with van der Waals surface area (Å²) in [7, 11) is 3.11. The lowest BCUT2D eigenvalue weighted by atomic mass is 9.96. The minimum Gasteiger partial charge on any atom is -0.493 e. The Kier molecular flexibility index (Phi) is 7.49. The van der Waals surface area contributed by atoms with Crippen LogP contribution in [0.2, 0.25) is 5.02 Å². The minimum absolute atomic E-state index is 0.210. The van der Waals surface area contributed by atoms with Gasteiger partial charge in [-0.3, -0.25) is 9.36 Å². The molecule has 0 bridgehead atoms. The normalized spacial score (nSPS) is 15.5. The third-order valence-corrected chi connectivity index (χ3v) is 7.28. The van der Waals surface area contributed by atoms with E-state index >= 15 is 0 Å². The molecule has 0 fully saturated rings. The third kappa shape index (κ3) is 4.80. The zero-order chi connectivity index (χ0) is 25.3. The predicted molar refractivity (Wildman–Crippen MR) is 139 cm³/mol. The highest BCUT2D eigenvalue weighted by Gasteiger charge is 2.33. The van der Waals surface area contributed by atoms with Crippen molar-refractivity contribution in [3.05, 3.63) is 88.0 Å². The standard InChI is InChI=1S/C25H22BrClN2O5S/c1-5-34-24(31)20-13(2)28-25-29(21(20)15-6-8-16(27)9-7-15)23(30)19(35-25)12-14-10-17(26)22(33-4)18(11-14)32-3/h6-12,21H,5H2,1-4H3/b19-12-/t21-/m1/s1. The zero-order valence-electron chi connectivity index (χ0n) is 19.4. The smallest absolute Gasteiger partial charge is 0.338 e. The average molecular weight is 578 g/mol. The number of methoxy groups -OCH3 is 2. The summed E-state index contributed by atoms with van der Waals surface area (Å²) in [6, 6.07) is 9.99. The van der Waals surface area contributed by atoms with Crippen molar-refractivity contribution in [1.82, 2.24) is 4.57 Å². The SMILES string of the molecule is CCOC(=O)C1=C(C)N=c2s/c(=C\c3cc(Br)c(OC)c(OC)c3)c(=O)n2[C@@H]1c1ccc(Cl)cc1. The van der Waals surface area contributed by atoms with Gasteiger partial charge in [0.25, 0.3) is 5.56 Å². The van der Waals surface area contributed by atoms with E-state index in [9.17, 15) is 9.59 Å². The van der Waals surface area contributed by atoms with Gasteiger partial charge in [0.1, 0.15) is 0 Å². The molecule has 10 heteroatoms. The molecule has 2 heterocycles. The van der Waals surface area contributed by atoms with E-state index in [1.807, 2.05) is 6.07 Å². The number of ether oxygens (including phenoxy) is 3. The maximum absolute atomic E-state index is 13.7. The molecule has 0 saturated carbocycles. The fraction of sp³-hybridized carbons (Fsp3) is 0.240. The van der Waals surface area contributed by atoms with E-state index in [2.05, 4.69) is 20.9 Å². The monoisotopic (exact) mass is 576 g/mol. The number of nitrogens with zero attached hydrogens (tertiary/aromatic N) is 2. The van der Waals surface area contributed by atoms with Crippen LogP contribution in [0.3, 0.4) is 0 Å². The molecule has 2 aromatic carbocycles. The Bertz CT molecular complexity index is 1510. The number of carbonyl (C=O) groups excluding carboxylic acids is 1. The molecule has 1 aliphatic rings. The molecule has 1 aliphatic heterocycles. The minimum atomic E-state index is -0.693. The second kappa shape index (κ2) is 10.4. The first kappa shape index (κ1) is 25.2. The highest BCUT2D eigenvalue weighted by Crippen LogP contribution is 2.36. The highest BCUT2D eigenvalue weighted by molar-refractivity contribution is 9.10. The number of hydrogen-bond acceptors (Lipinski definition) is 7. The van der Waals surface area contributed by atoms with Crippen LogP contribution in [0.25, 0.3) is 6.08 Å². The van der Waals surface area contributed by atoms with Crippen LogP contribution in [0, 0.1) is 0 Å². The first-order valence-electron chi connectivity index (χ1n) is 10.7. The van der Waals surface area contributed by atoms with Crippen molar-refractivity contribution in [2.45, 2.75) is 19.9 Å². The number of halogens is 2. The molecule has 1 atom stereocenters. The molecule has 35 heavy (non-hydrogen) atoms. The summed E-state index contributed by atoms with van der Waals surface area (Å²) in [5.41, 5.74) is 2.03. The summed E-state index contributed by atoms with van der Waals surface area (Å²) in [5.74, 6) is 0.579. The van der Waals surface area contributed by atoms with Gasteiger partial charge in [-0.15, -0.1) is 0 Å². The summed E-state index contributed by atoms with van der Waals surface area (Å²) in [4.78, 5) is 31.7. The van der Waals surface area contributed by atoms with Crippen LogP contribution in [0.15, 0.2) is 61.9 Å². The Hall–Kier alpha value is -2.88. The second-order valence-electron chi connectivity index (χ2n) is 7.59. The molecule has 0 amide bonds. The number of benzene rings is 2. The van der Waals surface area contributed by atoms with Crippen molar-refractivity contribution in [2.24, 2.45) is 4.99 Å². The summed E-state index contributed by atoms with van der Waals surface area (Å²) in [6.45, 7) is 3.70. The van der Waals surface area contributed by atoms with E-state index in [0.29, 0.717) is 41.6 Å². The molecule has 0 unspecified atom stereocenters. The van der Waals surface area contributed by atoms with Gasteiger partial charge in [-0.25, -0.2) is 9.79 Å². The topological polar surface area (TPSA) is 79.1 Å². The van der Waals surface area contributed by atoms with Gasteiger partial charge >= 0.3 is 5.97 Å². The third-order valence-electron chi connectivity index (χ3n) is 5.46. The van der Waals surface area contributed by atoms with Gasteiger partial charge < -0.3 is 14.2 Å². The van der Waals surface area contributed by atoms with Gasteiger partial charge in [0.05, 0.1) is 47.1 Å². The zero-order valence-corrected chi connectivity index (χ0v) is 22.6. The first-order valence-corrected chi connectivity index (χ1v) is 12.6.